The van der Waals surface area contributed by atoms with E-state index in [1.165, 1.54) is 50.2 Å². The Hall–Kier alpha value is -1.69. The molecule has 1 atom stereocenters. The molecule has 3 aliphatic rings. The Morgan fingerprint density at radius 2 is 2.05 bits per heavy atom. The van der Waals surface area contributed by atoms with Crippen LogP contribution in [0.4, 0.5) is 0 Å². The normalized spacial score (nSPS) is 25.9. The number of aromatic amines is 1. The van der Waals surface area contributed by atoms with Crippen molar-refractivity contribution < 1.29 is 0 Å². The van der Waals surface area contributed by atoms with Gasteiger partial charge in [-0.2, -0.15) is 0 Å². The molecular formula is C16H22N6. The minimum absolute atomic E-state index is 0.406. The van der Waals surface area contributed by atoms with Gasteiger partial charge >= 0.3 is 0 Å². The highest BCUT2D eigenvalue weighted by Crippen LogP contribution is 2.45. The summed E-state index contributed by atoms with van der Waals surface area (Å²) in [4.78, 5) is 10.3. The molecule has 1 saturated heterocycles. The van der Waals surface area contributed by atoms with Crippen molar-refractivity contribution in [2.24, 2.45) is 0 Å². The molecule has 3 heterocycles. The van der Waals surface area contributed by atoms with Crippen molar-refractivity contribution in [3.8, 4) is 0 Å². The number of rotatable bonds is 5. The molecule has 0 bridgehead atoms. The van der Waals surface area contributed by atoms with Crippen molar-refractivity contribution in [1.82, 2.24) is 29.6 Å². The minimum Gasteiger partial charge on any atom is -0.347 e. The number of H-pyrrole nitrogens is 1. The van der Waals surface area contributed by atoms with Gasteiger partial charge in [-0.15, -0.1) is 10.2 Å². The highest BCUT2D eigenvalue weighted by molar-refractivity contribution is 5.12. The number of nitrogens with one attached hydrogen (secondary N) is 1. The van der Waals surface area contributed by atoms with Gasteiger partial charge in [-0.25, -0.2) is 4.98 Å². The summed E-state index contributed by atoms with van der Waals surface area (Å²) in [5.41, 5.74) is 0. The SMILES string of the molecule is c1c[nH]c(C2CCCN2Cc2nnc(C3CC3)n2C2CC2)n1. The van der Waals surface area contributed by atoms with Crippen molar-refractivity contribution >= 4 is 0 Å². The molecule has 0 amide bonds. The van der Waals surface area contributed by atoms with Crippen molar-refractivity contribution in [1.29, 1.82) is 0 Å². The first-order valence-electron chi connectivity index (χ1n) is 8.57. The van der Waals surface area contributed by atoms with Crippen LogP contribution in [0, 0.1) is 0 Å². The maximum Gasteiger partial charge on any atom is 0.147 e. The topological polar surface area (TPSA) is 62.6 Å². The van der Waals surface area contributed by atoms with Crippen LogP contribution in [0.15, 0.2) is 12.4 Å². The summed E-state index contributed by atoms with van der Waals surface area (Å²) >= 11 is 0. The lowest BCUT2D eigenvalue weighted by molar-refractivity contribution is 0.231. The fourth-order valence-corrected chi connectivity index (χ4v) is 3.76. The number of hydrogen-bond donors (Lipinski definition) is 1. The second-order valence-electron chi connectivity index (χ2n) is 6.95. The zero-order valence-electron chi connectivity index (χ0n) is 12.8. The molecule has 6 nitrogen and oxygen atoms in total. The van der Waals surface area contributed by atoms with Gasteiger partial charge in [0.05, 0.1) is 12.6 Å². The molecule has 116 valence electrons. The molecule has 0 spiro atoms. The van der Waals surface area contributed by atoms with Gasteiger partial charge in [-0.05, 0) is 45.1 Å². The van der Waals surface area contributed by atoms with Gasteiger partial charge in [0.25, 0.3) is 0 Å². The predicted octanol–water partition coefficient (Wildman–Crippen LogP) is 2.55. The molecule has 1 N–H and O–H groups in total. The first-order valence-corrected chi connectivity index (χ1v) is 8.57. The number of aromatic nitrogens is 5. The average Bonchev–Trinajstić information content (AvgIpc) is 3.40. The number of imidazole rings is 1. The third-order valence-corrected chi connectivity index (χ3v) is 5.19. The summed E-state index contributed by atoms with van der Waals surface area (Å²) in [5, 5.41) is 9.09. The Balaban J connectivity index is 1.41. The van der Waals surface area contributed by atoms with Crippen molar-refractivity contribution in [3.63, 3.8) is 0 Å². The van der Waals surface area contributed by atoms with Crippen LogP contribution in [0.2, 0.25) is 0 Å². The van der Waals surface area contributed by atoms with E-state index in [4.69, 9.17) is 0 Å². The largest absolute Gasteiger partial charge is 0.347 e. The average molecular weight is 298 g/mol. The summed E-state index contributed by atoms with van der Waals surface area (Å²) in [5.74, 6) is 4.20. The Kier molecular flexibility index (Phi) is 2.86. The zero-order valence-corrected chi connectivity index (χ0v) is 12.8. The standard InChI is InChI=1S/C16H22N6/c1-2-13(15-17-7-8-18-15)21(9-1)10-14-19-20-16(11-3-4-11)22(14)12-5-6-12/h7-8,11-13H,1-6,9-10H2,(H,17,18). The van der Waals surface area contributed by atoms with E-state index in [-0.39, 0.29) is 0 Å². The molecule has 2 aliphatic carbocycles. The summed E-state index contributed by atoms with van der Waals surface area (Å²) in [7, 11) is 0. The maximum atomic E-state index is 4.56. The summed E-state index contributed by atoms with van der Waals surface area (Å²) in [6, 6.07) is 1.08. The van der Waals surface area contributed by atoms with E-state index in [0.717, 1.165) is 18.9 Å². The molecule has 0 aromatic carbocycles. The van der Waals surface area contributed by atoms with Gasteiger partial charge in [-0.3, -0.25) is 4.90 Å². The van der Waals surface area contributed by atoms with E-state index in [0.29, 0.717) is 18.0 Å². The van der Waals surface area contributed by atoms with Crippen LogP contribution in [0.1, 0.15) is 74.0 Å². The fraction of sp³-hybridized carbons (Fsp3) is 0.688. The third kappa shape index (κ3) is 2.17. The molecule has 2 saturated carbocycles. The maximum absolute atomic E-state index is 4.56. The highest BCUT2D eigenvalue weighted by Gasteiger charge is 2.37. The summed E-state index contributed by atoms with van der Waals surface area (Å²) in [6.45, 7) is 2.03. The van der Waals surface area contributed by atoms with Crippen LogP contribution in [-0.4, -0.2) is 36.2 Å². The lowest BCUT2D eigenvalue weighted by Gasteiger charge is -2.22. The summed E-state index contributed by atoms with van der Waals surface area (Å²) < 4.78 is 2.47. The molecule has 2 aromatic heterocycles. The Bertz CT molecular complexity index is 652. The second-order valence-corrected chi connectivity index (χ2v) is 6.95. The quantitative estimate of drug-likeness (QED) is 0.921. The molecule has 6 heteroatoms. The van der Waals surface area contributed by atoms with E-state index in [2.05, 4.69) is 29.6 Å². The first kappa shape index (κ1) is 12.8. The van der Waals surface area contributed by atoms with Gasteiger partial charge in [-0.1, -0.05) is 0 Å². The molecule has 1 unspecified atom stereocenters. The van der Waals surface area contributed by atoms with E-state index < -0.39 is 0 Å². The molecule has 5 rings (SSSR count). The number of hydrogen-bond acceptors (Lipinski definition) is 4. The second kappa shape index (κ2) is 4.91. The molecule has 0 radical (unpaired) electrons. The van der Waals surface area contributed by atoms with Crippen LogP contribution in [0.25, 0.3) is 0 Å². The Labute approximate surface area is 130 Å². The van der Waals surface area contributed by atoms with Crippen LogP contribution in [0.5, 0.6) is 0 Å². The van der Waals surface area contributed by atoms with Gasteiger partial charge in [0.1, 0.15) is 17.5 Å². The Morgan fingerprint density at radius 3 is 2.77 bits per heavy atom. The van der Waals surface area contributed by atoms with Crippen molar-refractivity contribution in [3.05, 3.63) is 29.9 Å². The fourth-order valence-electron chi connectivity index (χ4n) is 3.76. The molecule has 3 fully saturated rings. The smallest absolute Gasteiger partial charge is 0.147 e. The molecule has 22 heavy (non-hydrogen) atoms. The van der Waals surface area contributed by atoms with Crippen LogP contribution >= 0.6 is 0 Å². The Morgan fingerprint density at radius 1 is 1.14 bits per heavy atom. The summed E-state index contributed by atoms with van der Waals surface area (Å²) in [6.07, 6.45) is 11.4. The van der Waals surface area contributed by atoms with Crippen LogP contribution < -0.4 is 0 Å². The van der Waals surface area contributed by atoms with E-state index >= 15 is 0 Å². The third-order valence-electron chi connectivity index (χ3n) is 5.19. The van der Waals surface area contributed by atoms with E-state index in [1.807, 2.05) is 12.4 Å². The highest BCUT2D eigenvalue weighted by atomic mass is 15.3. The van der Waals surface area contributed by atoms with Gasteiger partial charge in [0, 0.05) is 24.4 Å². The van der Waals surface area contributed by atoms with Crippen LogP contribution in [-0.2, 0) is 6.54 Å². The number of likely N-dealkylation sites (tertiary alicyclic amines) is 1. The van der Waals surface area contributed by atoms with Crippen LogP contribution in [0.3, 0.4) is 0 Å². The van der Waals surface area contributed by atoms with Crippen molar-refractivity contribution in [2.75, 3.05) is 6.54 Å². The first-order chi connectivity index (χ1) is 10.9. The molecular weight excluding hydrogens is 276 g/mol. The zero-order chi connectivity index (χ0) is 14.5. The lowest BCUT2D eigenvalue weighted by Crippen LogP contribution is -2.25. The molecule has 2 aromatic rings. The van der Waals surface area contributed by atoms with Crippen molar-refractivity contribution in [2.45, 2.75) is 63.1 Å². The van der Waals surface area contributed by atoms with E-state index in [9.17, 15) is 0 Å². The van der Waals surface area contributed by atoms with Gasteiger partial charge < -0.3 is 9.55 Å². The van der Waals surface area contributed by atoms with Gasteiger partial charge in [0.2, 0.25) is 0 Å². The van der Waals surface area contributed by atoms with E-state index in [1.54, 1.807) is 0 Å². The monoisotopic (exact) mass is 298 g/mol. The predicted molar refractivity (Wildman–Crippen MR) is 81.2 cm³/mol. The number of nitrogens with zero attached hydrogens (tertiary/aromatic N) is 5. The van der Waals surface area contributed by atoms with Gasteiger partial charge in [0.15, 0.2) is 0 Å². The lowest BCUT2D eigenvalue weighted by atomic mass is 10.2. The minimum atomic E-state index is 0.406. The molecule has 1 aliphatic heterocycles.